The number of hydrogen-bond donors (Lipinski definition) is 0. The summed E-state index contributed by atoms with van der Waals surface area (Å²) >= 11 is 6.04. The van der Waals surface area contributed by atoms with Gasteiger partial charge in [-0.05, 0) is 43.2 Å². The number of rotatable bonds is 1. The van der Waals surface area contributed by atoms with Crippen LogP contribution in [0.5, 0.6) is 0 Å². The Hall–Kier alpha value is -1.41. The average Bonchev–Trinajstić information content (AvgIpc) is 2.25. The van der Waals surface area contributed by atoms with Crippen LogP contribution in [0, 0.1) is 13.8 Å². The lowest BCUT2D eigenvalue weighted by molar-refractivity contribution is 1.17. The highest BCUT2D eigenvalue weighted by atomic mass is 35.5. The second-order valence-electron chi connectivity index (χ2n) is 3.51. The van der Waals surface area contributed by atoms with Crippen LogP contribution in [-0.4, -0.2) is 9.97 Å². The largest absolute Gasteiger partial charge is 0.245 e. The van der Waals surface area contributed by atoms with Crippen LogP contribution >= 0.6 is 11.6 Å². The topological polar surface area (TPSA) is 25.8 Å². The first kappa shape index (κ1) is 10.1. The summed E-state index contributed by atoms with van der Waals surface area (Å²) in [5.74, 6) is 0. The molecule has 0 saturated carbocycles. The van der Waals surface area contributed by atoms with Gasteiger partial charge in [-0.3, -0.25) is 0 Å². The van der Waals surface area contributed by atoms with Crippen molar-refractivity contribution in [3.05, 3.63) is 46.9 Å². The number of nitrogens with zero attached hydrogens (tertiary/aromatic N) is 2. The highest BCUT2D eigenvalue weighted by molar-refractivity contribution is 6.31. The number of hydrogen-bond acceptors (Lipinski definition) is 2. The van der Waals surface area contributed by atoms with Crippen molar-refractivity contribution in [2.24, 2.45) is 0 Å². The molecule has 0 bridgehead atoms. The van der Waals surface area contributed by atoms with E-state index < -0.39 is 0 Å². The molecular formula is C12H11ClN2. The molecule has 1 aromatic heterocycles. The normalized spacial score (nSPS) is 10.3. The van der Waals surface area contributed by atoms with E-state index in [1.807, 2.05) is 26.0 Å². The second-order valence-corrected chi connectivity index (χ2v) is 3.92. The monoisotopic (exact) mass is 218 g/mol. The molecule has 1 heterocycles. The zero-order chi connectivity index (χ0) is 10.8. The Labute approximate surface area is 94.0 Å². The Morgan fingerprint density at radius 1 is 1.13 bits per heavy atom. The van der Waals surface area contributed by atoms with Crippen LogP contribution in [0.1, 0.15) is 11.1 Å². The molecule has 2 nitrogen and oxygen atoms in total. The molecule has 2 rings (SSSR count). The van der Waals surface area contributed by atoms with E-state index in [-0.39, 0.29) is 0 Å². The van der Waals surface area contributed by atoms with Crippen molar-refractivity contribution in [1.82, 2.24) is 9.97 Å². The van der Waals surface area contributed by atoms with Crippen molar-refractivity contribution in [2.45, 2.75) is 13.8 Å². The third-order valence-corrected chi connectivity index (χ3v) is 2.77. The summed E-state index contributed by atoms with van der Waals surface area (Å²) < 4.78 is 0. The van der Waals surface area contributed by atoms with Gasteiger partial charge in [0.15, 0.2) is 0 Å². The lowest BCUT2D eigenvalue weighted by atomic mass is 10.0. The fourth-order valence-electron chi connectivity index (χ4n) is 1.51. The molecule has 0 aliphatic heterocycles. The zero-order valence-electron chi connectivity index (χ0n) is 8.66. The summed E-state index contributed by atoms with van der Waals surface area (Å²) in [6.07, 6.45) is 3.30. The maximum Gasteiger partial charge on any atom is 0.116 e. The van der Waals surface area contributed by atoms with Crippen LogP contribution in [0.25, 0.3) is 11.3 Å². The van der Waals surface area contributed by atoms with E-state index in [1.165, 1.54) is 0 Å². The highest BCUT2D eigenvalue weighted by Crippen LogP contribution is 2.26. The minimum Gasteiger partial charge on any atom is -0.245 e. The van der Waals surface area contributed by atoms with E-state index in [0.717, 1.165) is 27.4 Å². The smallest absolute Gasteiger partial charge is 0.116 e. The molecule has 0 amide bonds. The number of aromatic nitrogens is 2. The van der Waals surface area contributed by atoms with Gasteiger partial charge in [-0.1, -0.05) is 11.6 Å². The molecule has 1 aromatic carbocycles. The molecule has 76 valence electrons. The summed E-state index contributed by atoms with van der Waals surface area (Å²) in [6, 6.07) is 5.92. The lowest BCUT2D eigenvalue weighted by Crippen LogP contribution is -1.89. The van der Waals surface area contributed by atoms with Gasteiger partial charge in [-0.15, -0.1) is 0 Å². The van der Waals surface area contributed by atoms with E-state index in [4.69, 9.17) is 11.6 Å². The fourth-order valence-corrected chi connectivity index (χ4v) is 1.73. The standard InChI is InChI=1S/C12H11ClN2/c1-8-6-11(13)9(2)5-10(8)12-3-4-14-7-15-12/h3-7H,1-2H3. The second kappa shape index (κ2) is 3.99. The summed E-state index contributed by atoms with van der Waals surface area (Å²) in [6.45, 7) is 4.02. The summed E-state index contributed by atoms with van der Waals surface area (Å²) in [4.78, 5) is 8.13. The van der Waals surface area contributed by atoms with E-state index in [9.17, 15) is 0 Å². The Morgan fingerprint density at radius 2 is 1.93 bits per heavy atom. The SMILES string of the molecule is Cc1cc(-c2ccncn2)c(C)cc1Cl. The lowest BCUT2D eigenvalue weighted by Gasteiger charge is -2.07. The van der Waals surface area contributed by atoms with E-state index in [0.29, 0.717) is 0 Å². The van der Waals surface area contributed by atoms with E-state index in [2.05, 4.69) is 16.0 Å². The van der Waals surface area contributed by atoms with Crippen molar-refractivity contribution in [3.63, 3.8) is 0 Å². The van der Waals surface area contributed by atoms with Crippen molar-refractivity contribution in [2.75, 3.05) is 0 Å². The van der Waals surface area contributed by atoms with Crippen LogP contribution in [0.4, 0.5) is 0 Å². The first-order chi connectivity index (χ1) is 7.18. The fraction of sp³-hybridized carbons (Fsp3) is 0.167. The van der Waals surface area contributed by atoms with Gasteiger partial charge >= 0.3 is 0 Å². The van der Waals surface area contributed by atoms with Gasteiger partial charge in [-0.2, -0.15) is 0 Å². The van der Waals surface area contributed by atoms with Crippen molar-refractivity contribution in [1.29, 1.82) is 0 Å². The molecule has 0 unspecified atom stereocenters. The molecule has 15 heavy (non-hydrogen) atoms. The zero-order valence-corrected chi connectivity index (χ0v) is 9.42. The molecule has 0 aliphatic rings. The molecule has 0 spiro atoms. The minimum absolute atomic E-state index is 0.797. The predicted octanol–water partition coefficient (Wildman–Crippen LogP) is 3.41. The van der Waals surface area contributed by atoms with Crippen molar-refractivity contribution < 1.29 is 0 Å². The van der Waals surface area contributed by atoms with Crippen molar-refractivity contribution in [3.8, 4) is 11.3 Å². The van der Waals surface area contributed by atoms with Crippen LogP contribution in [0.15, 0.2) is 30.7 Å². The molecule has 0 saturated heterocycles. The maximum absolute atomic E-state index is 6.04. The molecular weight excluding hydrogens is 208 g/mol. The van der Waals surface area contributed by atoms with Crippen LogP contribution in [0.2, 0.25) is 5.02 Å². The van der Waals surface area contributed by atoms with Gasteiger partial charge in [0.2, 0.25) is 0 Å². The first-order valence-electron chi connectivity index (χ1n) is 4.71. The van der Waals surface area contributed by atoms with Crippen LogP contribution < -0.4 is 0 Å². The summed E-state index contributed by atoms with van der Waals surface area (Å²) in [7, 11) is 0. The number of benzene rings is 1. The Balaban J connectivity index is 2.59. The maximum atomic E-state index is 6.04. The Bertz CT molecular complexity index is 480. The molecule has 0 N–H and O–H groups in total. The molecule has 0 aliphatic carbocycles. The molecule has 0 radical (unpaired) electrons. The Morgan fingerprint density at radius 3 is 2.60 bits per heavy atom. The van der Waals surface area contributed by atoms with Gasteiger partial charge in [0.25, 0.3) is 0 Å². The van der Waals surface area contributed by atoms with Crippen molar-refractivity contribution >= 4 is 11.6 Å². The molecule has 0 atom stereocenters. The van der Waals surface area contributed by atoms with Gasteiger partial charge in [0.1, 0.15) is 6.33 Å². The quantitative estimate of drug-likeness (QED) is 0.733. The van der Waals surface area contributed by atoms with Gasteiger partial charge in [-0.25, -0.2) is 9.97 Å². The summed E-state index contributed by atoms with van der Waals surface area (Å²) in [5, 5.41) is 0.797. The summed E-state index contributed by atoms with van der Waals surface area (Å²) in [5.41, 5.74) is 4.24. The highest BCUT2D eigenvalue weighted by Gasteiger charge is 2.05. The number of halogens is 1. The minimum atomic E-state index is 0.797. The number of aryl methyl sites for hydroxylation is 2. The molecule has 3 heteroatoms. The van der Waals surface area contributed by atoms with Crippen LogP contribution in [-0.2, 0) is 0 Å². The van der Waals surface area contributed by atoms with Gasteiger partial charge in [0, 0.05) is 16.8 Å². The third-order valence-electron chi connectivity index (χ3n) is 2.36. The molecule has 2 aromatic rings. The van der Waals surface area contributed by atoms with Gasteiger partial charge < -0.3 is 0 Å². The Kier molecular flexibility index (Phi) is 2.69. The van der Waals surface area contributed by atoms with Gasteiger partial charge in [0.05, 0.1) is 5.69 Å². The average molecular weight is 219 g/mol. The molecule has 0 fully saturated rings. The first-order valence-corrected chi connectivity index (χ1v) is 5.09. The van der Waals surface area contributed by atoms with E-state index >= 15 is 0 Å². The van der Waals surface area contributed by atoms with E-state index in [1.54, 1.807) is 12.5 Å². The third kappa shape index (κ3) is 2.00. The predicted molar refractivity (Wildman–Crippen MR) is 62.0 cm³/mol. The van der Waals surface area contributed by atoms with Crippen LogP contribution in [0.3, 0.4) is 0 Å².